The third-order valence-corrected chi connectivity index (χ3v) is 5.37. The molecule has 7 heteroatoms. The average Bonchev–Trinajstić information content (AvgIpc) is 3.02. The van der Waals surface area contributed by atoms with Crippen LogP contribution in [0, 0.1) is 5.82 Å². The van der Waals surface area contributed by atoms with Crippen LogP contribution < -0.4 is 9.64 Å². The molecule has 2 aromatic heterocycles. The van der Waals surface area contributed by atoms with Crippen LogP contribution in [0.25, 0.3) is 10.9 Å². The number of nitrogens with zero attached hydrogens (tertiary/aromatic N) is 5. The third-order valence-electron chi connectivity index (χ3n) is 5.37. The Kier molecular flexibility index (Phi) is 3.43. The second-order valence-electron chi connectivity index (χ2n) is 7.13. The zero-order valence-electron chi connectivity index (χ0n) is 15.4. The van der Waals surface area contributed by atoms with Crippen molar-refractivity contribution in [3.63, 3.8) is 0 Å². The molecule has 0 saturated carbocycles. The lowest BCUT2D eigenvalue weighted by Crippen LogP contribution is -2.35. The minimum Gasteiger partial charge on any atom is -0.475 e. The summed E-state index contributed by atoms with van der Waals surface area (Å²) in [4.78, 5) is 15.1. The number of hydrogen-bond donors (Lipinski definition) is 0. The molecule has 6 rings (SSSR count). The van der Waals surface area contributed by atoms with Gasteiger partial charge in [-0.2, -0.15) is 0 Å². The van der Waals surface area contributed by atoms with Crippen molar-refractivity contribution in [2.75, 3.05) is 18.1 Å². The van der Waals surface area contributed by atoms with Crippen molar-refractivity contribution in [3.8, 4) is 5.88 Å². The van der Waals surface area contributed by atoms with Crippen molar-refractivity contribution in [2.45, 2.75) is 6.54 Å². The lowest BCUT2D eigenvalue weighted by atomic mass is 10.1. The van der Waals surface area contributed by atoms with Gasteiger partial charge in [-0.05, 0) is 42.0 Å². The molecule has 0 amide bonds. The van der Waals surface area contributed by atoms with Crippen LogP contribution in [0.5, 0.6) is 5.88 Å². The lowest BCUT2D eigenvalue weighted by Gasteiger charge is -2.28. The second kappa shape index (κ2) is 6.13. The molecule has 142 valence electrons. The van der Waals surface area contributed by atoms with Gasteiger partial charge in [0.25, 0.3) is 0 Å². The van der Waals surface area contributed by atoms with Crippen LogP contribution in [0.1, 0.15) is 11.1 Å². The summed E-state index contributed by atoms with van der Waals surface area (Å²) in [5.41, 5.74) is 4.13. The van der Waals surface area contributed by atoms with Crippen molar-refractivity contribution in [1.29, 1.82) is 0 Å². The number of hydrogen-bond acceptors (Lipinski definition) is 5. The zero-order chi connectivity index (χ0) is 19.4. The first-order valence-corrected chi connectivity index (χ1v) is 9.44. The normalized spacial score (nSPS) is 14.7. The number of rotatable bonds is 3. The van der Waals surface area contributed by atoms with Crippen molar-refractivity contribution < 1.29 is 9.13 Å². The first kappa shape index (κ1) is 16.2. The smallest absolute Gasteiger partial charge is 0.230 e. The Labute approximate surface area is 165 Å². The summed E-state index contributed by atoms with van der Waals surface area (Å²) in [6.07, 6.45) is 3.55. The summed E-state index contributed by atoms with van der Waals surface area (Å²) in [5, 5.41) is 1.14. The van der Waals surface area contributed by atoms with Crippen LogP contribution >= 0.6 is 0 Å². The summed E-state index contributed by atoms with van der Waals surface area (Å²) in [6, 6.07) is 15.1. The third kappa shape index (κ3) is 2.58. The fourth-order valence-corrected chi connectivity index (χ4v) is 3.92. The van der Waals surface area contributed by atoms with Gasteiger partial charge >= 0.3 is 0 Å². The molecule has 4 heterocycles. The maximum absolute atomic E-state index is 13.2. The largest absolute Gasteiger partial charge is 0.475 e. The number of anilines is 1. The molecule has 0 fully saturated rings. The first-order valence-electron chi connectivity index (χ1n) is 9.44. The molecule has 0 radical (unpaired) electrons. The topological polar surface area (TPSA) is 55.5 Å². The van der Waals surface area contributed by atoms with Gasteiger partial charge in [-0.25, -0.2) is 19.4 Å². The van der Waals surface area contributed by atoms with Crippen molar-refractivity contribution >= 4 is 28.2 Å². The number of fused-ring (bicyclic) bond motifs is 1. The molecule has 29 heavy (non-hydrogen) atoms. The molecule has 0 spiro atoms. The molecule has 4 aromatic rings. The number of aliphatic imine (C=N–C) groups is 1. The zero-order valence-corrected chi connectivity index (χ0v) is 15.4. The van der Waals surface area contributed by atoms with E-state index in [4.69, 9.17) is 4.74 Å². The number of aromatic nitrogens is 3. The van der Waals surface area contributed by atoms with E-state index in [9.17, 15) is 4.39 Å². The first-order chi connectivity index (χ1) is 14.3. The standard InChI is InChI=1S/C22H16FN5O/c23-16-3-1-14(2-4-16)12-27-8-7-15-11-17(5-6-18(15)27)28-9-10-29-22-19-20(24-13-25-22)26-21(19)28/h1-8,11,13H,9-10,12H2. The van der Waals surface area contributed by atoms with E-state index < -0.39 is 0 Å². The van der Waals surface area contributed by atoms with Crippen molar-refractivity contribution in [2.24, 2.45) is 4.99 Å². The SMILES string of the molecule is Fc1ccc(Cn2ccc3cc(N4CCOc5ncnc6c5C4=N6)ccc32)cc1. The lowest BCUT2D eigenvalue weighted by molar-refractivity contribution is 0.319. The average molecular weight is 385 g/mol. The van der Waals surface area contributed by atoms with Crippen molar-refractivity contribution in [3.05, 3.63) is 78.0 Å². The molecular weight excluding hydrogens is 369 g/mol. The quantitative estimate of drug-likeness (QED) is 0.537. The summed E-state index contributed by atoms with van der Waals surface area (Å²) in [6.45, 7) is 1.92. The van der Waals surface area contributed by atoms with Crippen LogP contribution in [0.2, 0.25) is 0 Å². The minimum atomic E-state index is -0.216. The van der Waals surface area contributed by atoms with E-state index in [1.54, 1.807) is 0 Å². The summed E-state index contributed by atoms with van der Waals surface area (Å²) in [5.74, 6) is 1.93. The number of amidine groups is 1. The van der Waals surface area contributed by atoms with Crippen LogP contribution in [-0.4, -0.2) is 33.5 Å². The predicted molar refractivity (Wildman–Crippen MR) is 109 cm³/mol. The number of ether oxygens (including phenoxy) is 1. The molecule has 0 bridgehead atoms. The van der Waals surface area contributed by atoms with E-state index in [0.29, 0.717) is 31.4 Å². The van der Waals surface area contributed by atoms with Crippen molar-refractivity contribution in [1.82, 2.24) is 14.5 Å². The van der Waals surface area contributed by atoms with Gasteiger partial charge in [-0.1, -0.05) is 12.1 Å². The molecule has 0 N–H and O–H groups in total. The van der Waals surface area contributed by atoms with Gasteiger partial charge < -0.3 is 14.2 Å². The molecule has 0 atom stereocenters. The fourth-order valence-electron chi connectivity index (χ4n) is 3.92. The molecular formula is C22H16FN5O. The van der Waals surface area contributed by atoms with E-state index in [0.717, 1.165) is 33.6 Å². The molecule has 6 nitrogen and oxygen atoms in total. The number of benzene rings is 2. The Morgan fingerprint density at radius 2 is 1.93 bits per heavy atom. The Hall–Kier alpha value is -3.74. The maximum Gasteiger partial charge on any atom is 0.230 e. The highest BCUT2D eigenvalue weighted by atomic mass is 19.1. The van der Waals surface area contributed by atoms with Crippen LogP contribution in [0.4, 0.5) is 15.9 Å². The minimum absolute atomic E-state index is 0.216. The van der Waals surface area contributed by atoms with Gasteiger partial charge in [0.05, 0.1) is 6.54 Å². The second-order valence-corrected chi connectivity index (χ2v) is 7.13. The summed E-state index contributed by atoms with van der Waals surface area (Å²) < 4.78 is 21.1. The summed E-state index contributed by atoms with van der Waals surface area (Å²) in [7, 11) is 0. The highest BCUT2D eigenvalue weighted by Gasteiger charge is 2.33. The van der Waals surface area contributed by atoms with E-state index in [1.807, 2.05) is 12.1 Å². The van der Waals surface area contributed by atoms with E-state index in [-0.39, 0.29) is 5.82 Å². The van der Waals surface area contributed by atoms with Gasteiger partial charge in [-0.15, -0.1) is 0 Å². The van der Waals surface area contributed by atoms with Crippen LogP contribution in [-0.2, 0) is 6.54 Å². The molecule has 2 aliphatic rings. The number of halogens is 1. The van der Waals surface area contributed by atoms with Crippen LogP contribution in [0.3, 0.4) is 0 Å². The van der Waals surface area contributed by atoms with Gasteiger partial charge in [0, 0.05) is 29.3 Å². The maximum atomic E-state index is 13.2. The molecule has 0 aliphatic carbocycles. The molecule has 0 unspecified atom stereocenters. The monoisotopic (exact) mass is 385 g/mol. The van der Waals surface area contributed by atoms with Gasteiger partial charge in [-0.3, -0.25) is 0 Å². The highest BCUT2D eigenvalue weighted by molar-refractivity contribution is 6.20. The molecule has 0 saturated heterocycles. The Morgan fingerprint density at radius 3 is 2.83 bits per heavy atom. The molecule has 2 aromatic carbocycles. The Morgan fingerprint density at radius 1 is 1.03 bits per heavy atom. The van der Waals surface area contributed by atoms with Gasteiger partial charge in [0.2, 0.25) is 5.88 Å². The Balaban J connectivity index is 1.34. The van der Waals surface area contributed by atoms with E-state index >= 15 is 0 Å². The predicted octanol–water partition coefficient (Wildman–Crippen LogP) is 3.91. The molecule has 2 aliphatic heterocycles. The van der Waals surface area contributed by atoms with Gasteiger partial charge in [0.1, 0.15) is 24.3 Å². The van der Waals surface area contributed by atoms with Crippen LogP contribution in [0.15, 0.2) is 66.0 Å². The van der Waals surface area contributed by atoms with E-state index in [2.05, 4.69) is 54.9 Å². The highest BCUT2D eigenvalue weighted by Crippen LogP contribution is 2.38. The Bertz CT molecular complexity index is 1280. The van der Waals surface area contributed by atoms with E-state index in [1.165, 1.54) is 18.5 Å². The van der Waals surface area contributed by atoms with Gasteiger partial charge in [0.15, 0.2) is 11.7 Å². The summed E-state index contributed by atoms with van der Waals surface area (Å²) >= 11 is 0. The fraction of sp³-hybridized carbons (Fsp3) is 0.136.